The summed E-state index contributed by atoms with van der Waals surface area (Å²) < 4.78 is 40.3. The molecule has 0 saturated carbocycles. The van der Waals surface area contributed by atoms with Crippen molar-refractivity contribution in [2.75, 3.05) is 4.72 Å². The molecule has 0 unspecified atom stereocenters. The van der Waals surface area contributed by atoms with Gasteiger partial charge in [-0.2, -0.15) is 0 Å². The average molecular weight is 358 g/mol. The molecule has 3 nitrogen and oxygen atoms in total. The molecule has 1 N–H and O–H groups in total. The first-order valence-corrected chi connectivity index (χ1v) is 8.32. The van der Waals surface area contributed by atoms with Gasteiger partial charge in [-0.05, 0) is 46.1 Å². The molecule has 0 bridgehead atoms. The summed E-state index contributed by atoms with van der Waals surface area (Å²) in [5, 5.41) is 0. The lowest BCUT2D eigenvalue weighted by molar-refractivity contribution is 0.600. The van der Waals surface area contributed by atoms with Gasteiger partial charge < -0.3 is 0 Å². The van der Waals surface area contributed by atoms with Crippen molar-refractivity contribution in [3.05, 3.63) is 63.9 Å². The minimum Gasteiger partial charge on any atom is -0.283 e. The number of halogens is 2. The number of nitrogens with one attached hydrogen (secondary N) is 1. The van der Waals surface area contributed by atoms with Gasteiger partial charge >= 0.3 is 0 Å². The summed E-state index contributed by atoms with van der Waals surface area (Å²) in [5.74, 6) is -0.654. The van der Waals surface area contributed by atoms with Crippen molar-refractivity contribution in [2.24, 2.45) is 0 Å². The number of aryl methyl sites for hydroxylation is 1. The van der Waals surface area contributed by atoms with Gasteiger partial charge in [-0.25, -0.2) is 12.8 Å². The van der Waals surface area contributed by atoms with Crippen LogP contribution in [0.4, 0.5) is 10.1 Å². The molecule has 2 aromatic carbocycles. The zero-order valence-electron chi connectivity index (χ0n) is 10.7. The Hall–Kier alpha value is -1.40. The lowest BCUT2D eigenvalue weighted by Crippen LogP contribution is -2.16. The van der Waals surface area contributed by atoms with Gasteiger partial charge in [0, 0.05) is 0 Å². The molecule has 0 aliphatic rings. The highest BCUT2D eigenvalue weighted by atomic mass is 79.9. The van der Waals surface area contributed by atoms with Gasteiger partial charge in [-0.1, -0.05) is 30.3 Å². The Labute approximate surface area is 126 Å². The van der Waals surface area contributed by atoms with E-state index in [0.717, 1.165) is 0 Å². The number of anilines is 1. The molecule has 0 saturated heterocycles. The lowest BCUT2D eigenvalue weighted by atomic mass is 10.2. The first-order valence-electron chi connectivity index (χ1n) is 5.87. The summed E-state index contributed by atoms with van der Waals surface area (Å²) in [6, 6.07) is 11.5. The van der Waals surface area contributed by atoms with Gasteiger partial charge in [-0.15, -0.1) is 0 Å². The monoisotopic (exact) mass is 357 g/mol. The number of sulfonamides is 1. The molecule has 106 valence electrons. The summed E-state index contributed by atoms with van der Waals surface area (Å²) in [4.78, 5) is 0. The molecular weight excluding hydrogens is 345 g/mol. The maximum Gasteiger partial charge on any atom is 0.236 e. The van der Waals surface area contributed by atoms with Gasteiger partial charge in [0.05, 0.1) is 15.9 Å². The quantitative estimate of drug-likeness (QED) is 0.903. The van der Waals surface area contributed by atoms with Crippen molar-refractivity contribution >= 4 is 31.6 Å². The molecular formula is C14H13BrFNO2S. The molecule has 0 aliphatic heterocycles. The van der Waals surface area contributed by atoms with Crippen molar-refractivity contribution in [1.82, 2.24) is 0 Å². The van der Waals surface area contributed by atoms with Crippen LogP contribution in [0.15, 0.2) is 46.9 Å². The van der Waals surface area contributed by atoms with E-state index in [-0.39, 0.29) is 11.4 Å². The first kappa shape index (κ1) is 15.0. The maximum atomic E-state index is 13.5. The van der Waals surface area contributed by atoms with Gasteiger partial charge in [0.25, 0.3) is 0 Å². The molecule has 0 heterocycles. The Morgan fingerprint density at radius 2 is 1.85 bits per heavy atom. The van der Waals surface area contributed by atoms with E-state index in [1.807, 2.05) is 6.07 Å². The van der Waals surface area contributed by atoms with Crippen molar-refractivity contribution in [3.8, 4) is 0 Å². The fourth-order valence-corrected chi connectivity index (χ4v) is 3.47. The van der Waals surface area contributed by atoms with Crippen LogP contribution in [0.1, 0.15) is 11.1 Å². The summed E-state index contributed by atoms with van der Waals surface area (Å²) in [7, 11) is -3.57. The zero-order chi connectivity index (χ0) is 14.8. The largest absolute Gasteiger partial charge is 0.283 e. The normalized spacial score (nSPS) is 11.3. The summed E-state index contributed by atoms with van der Waals surface area (Å²) >= 11 is 3.06. The Balaban J connectivity index is 2.23. The standard InChI is InChI=1S/C14H13BrFNO2S/c1-10-7-12(15)13(16)8-14(10)17-20(18,19)9-11-5-3-2-4-6-11/h2-8,17H,9H2,1H3. The predicted molar refractivity (Wildman–Crippen MR) is 81.5 cm³/mol. The highest BCUT2D eigenvalue weighted by molar-refractivity contribution is 9.10. The molecule has 6 heteroatoms. The summed E-state index contributed by atoms with van der Waals surface area (Å²) in [6.07, 6.45) is 0. The van der Waals surface area contributed by atoms with Crippen LogP contribution in [-0.2, 0) is 15.8 Å². The predicted octanol–water partition coefficient (Wildman–Crippen LogP) is 3.84. The molecule has 0 atom stereocenters. The number of hydrogen-bond acceptors (Lipinski definition) is 2. The highest BCUT2D eigenvalue weighted by Crippen LogP contribution is 2.25. The molecule has 0 radical (unpaired) electrons. The van der Waals surface area contributed by atoms with E-state index in [9.17, 15) is 12.8 Å². The Morgan fingerprint density at radius 1 is 1.20 bits per heavy atom. The smallest absolute Gasteiger partial charge is 0.236 e. The SMILES string of the molecule is Cc1cc(Br)c(F)cc1NS(=O)(=O)Cc1ccccc1. The van der Waals surface area contributed by atoms with Crippen molar-refractivity contribution in [1.29, 1.82) is 0 Å². The van der Waals surface area contributed by atoms with Crippen molar-refractivity contribution < 1.29 is 12.8 Å². The summed E-state index contributed by atoms with van der Waals surface area (Å²) in [5.41, 5.74) is 1.58. The Morgan fingerprint density at radius 3 is 2.50 bits per heavy atom. The van der Waals surface area contributed by atoms with E-state index in [4.69, 9.17) is 0 Å². The van der Waals surface area contributed by atoms with E-state index >= 15 is 0 Å². The second kappa shape index (κ2) is 5.93. The van der Waals surface area contributed by atoms with Crippen molar-refractivity contribution in [2.45, 2.75) is 12.7 Å². The van der Waals surface area contributed by atoms with Gasteiger partial charge in [-0.3, -0.25) is 4.72 Å². The molecule has 0 amide bonds. The Bertz CT molecular complexity index is 717. The van der Waals surface area contributed by atoms with E-state index in [0.29, 0.717) is 15.6 Å². The van der Waals surface area contributed by atoms with Crippen LogP contribution in [0.5, 0.6) is 0 Å². The second-order valence-electron chi connectivity index (χ2n) is 4.43. The van der Waals surface area contributed by atoms with Crippen LogP contribution >= 0.6 is 15.9 Å². The van der Waals surface area contributed by atoms with Crippen LogP contribution < -0.4 is 4.72 Å². The minimum absolute atomic E-state index is 0.148. The minimum atomic E-state index is -3.57. The topological polar surface area (TPSA) is 46.2 Å². The van der Waals surface area contributed by atoms with Crippen LogP contribution in [0.25, 0.3) is 0 Å². The van der Waals surface area contributed by atoms with Gasteiger partial charge in [0.2, 0.25) is 10.0 Å². The molecule has 0 fully saturated rings. The molecule has 2 aromatic rings. The van der Waals surface area contributed by atoms with Crippen LogP contribution in [0, 0.1) is 12.7 Å². The van der Waals surface area contributed by atoms with Crippen molar-refractivity contribution in [3.63, 3.8) is 0 Å². The third-order valence-corrected chi connectivity index (χ3v) is 4.58. The third-order valence-electron chi connectivity index (χ3n) is 2.73. The number of benzene rings is 2. The second-order valence-corrected chi connectivity index (χ2v) is 7.00. The van der Waals surface area contributed by atoms with E-state index in [2.05, 4.69) is 20.7 Å². The average Bonchev–Trinajstić information content (AvgIpc) is 2.36. The Kier molecular flexibility index (Phi) is 4.45. The lowest BCUT2D eigenvalue weighted by Gasteiger charge is -2.11. The van der Waals surface area contributed by atoms with Gasteiger partial charge in [0.1, 0.15) is 5.82 Å². The number of rotatable bonds is 4. The van der Waals surface area contributed by atoms with Crippen LogP contribution in [0.2, 0.25) is 0 Å². The number of hydrogen-bond donors (Lipinski definition) is 1. The highest BCUT2D eigenvalue weighted by Gasteiger charge is 2.14. The van der Waals surface area contributed by atoms with Crippen LogP contribution in [0.3, 0.4) is 0 Å². The van der Waals surface area contributed by atoms with E-state index in [1.54, 1.807) is 31.2 Å². The molecule has 20 heavy (non-hydrogen) atoms. The summed E-state index contributed by atoms with van der Waals surface area (Å²) in [6.45, 7) is 1.71. The van der Waals surface area contributed by atoms with Crippen LogP contribution in [-0.4, -0.2) is 8.42 Å². The molecule has 2 rings (SSSR count). The van der Waals surface area contributed by atoms with E-state index in [1.165, 1.54) is 12.1 Å². The zero-order valence-corrected chi connectivity index (χ0v) is 13.1. The molecule has 0 aromatic heterocycles. The maximum absolute atomic E-state index is 13.5. The van der Waals surface area contributed by atoms with Gasteiger partial charge in [0.15, 0.2) is 0 Å². The van der Waals surface area contributed by atoms with E-state index < -0.39 is 15.8 Å². The fraction of sp³-hybridized carbons (Fsp3) is 0.143. The first-order chi connectivity index (χ1) is 9.37. The molecule has 0 spiro atoms. The fourth-order valence-electron chi connectivity index (χ4n) is 1.75. The molecule has 0 aliphatic carbocycles. The third kappa shape index (κ3) is 3.80.